The summed E-state index contributed by atoms with van der Waals surface area (Å²) in [7, 11) is -3.62. The predicted octanol–water partition coefficient (Wildman–Crippen LogP) is 1.54. The Morgan fingerprint density at radius 2 is 2.21 bits per heavy atom. The van der Waals surface area contributed by atoms with Gasteiger partial charge in [0, 0.05) is 16.4 Å². The summed E-state index contributed by atoms with van der Waals surface area (Å²) in [6.07, 6.45) is 1.56. The molecule has 0 fully saturated rings. The van der Waals surface area contributed by atoms with Crippen LogP contribution in [0.25, 0.3) is 0 Å². The lowest BCUT2D eigenvalue weighted by Gasteiger charge is -2.11. The second-order valence-electron chi connectivity index (χ2n) is 4.02. The van der Waals surface area contributed by atoms with Crippen LogP contribution in [-0.2, 0) is 16.6 Å². The van der Waals surface area contributed by atoms with E-state index in [1.165, 1.54) is 6.07 Å². The third-order valence-corrected chi connectivity index (χ3v) is 4.65. The molecule has 0 aliphatic carbocycles. The number of aromatic nitrogens is 2. The minimum Gasteiger partial charge on any atom is -0.398 e. The van der Waals surface area contributed by atoms with Gasteiger partial charge in [0.1, 0.15) is 0 Å². The van der Waals surface area contributed by atoms with Crippen LogP contribution >= 0.6 is 15.9 Å². The fraction of sp³-hybridized carbons (Fsp3) is 0.182. The normalized spacial score (nSPS) is 11.7. The quantitative estimate of drug-likeness (QED) is 0.732. The van der Waals surface area contributed by atoms with Crippen LogP contribution in [0, 0.1) is 6.92 Å². The van der Waals surface area contributed by atoms with Crippen LogP contribution in [0.2, 0.25) is 0 Å². The highest BCUT2D eigenvalue weighted by molar-refractivity contribution is 9.10. The fourth-order valence-electron chi connectivity index (χ4n) is 1.59. The number of aromatic amines is 1. The number of nitrogens with two attached hydrogens (primary N) is 1. The van der Waals surface area contributed by atoms with Crippen LogP contribution < -0.4 is 10.5 Å². The predicted molar refractivity (Wildman–Crippen MR) is 75.9 cm³/mol. The van der Waals surface area contributed by atoms with Crippen LogP contribution in [0.4, 0.5) is 5.69 Å². The number of anilines is 1. The Morgan fingerprint density at radius 1 is 1.47 bits per heavy atom. The van der Waals surface area contributed by atoms with Gasteiger partial charge in [0.15, 0.2) is 0 Å². The van der Waals surface area contributed by atoms with Crippen molar-refractivity contribution >= 4 is 31.6 Å². The third-order valence-electron chi connectivity index (χ3n) is 2.67. The summed E-state index contributed by atoms with van der Waals surface area (Å²) in [6.45, 7) is 1.82. The van der Waals surface area contributed by atoms with Crippen molar-refractivity contribution in [3.63, 3.8) is 0 Å². The number of rotatable bonds is 4. The van der Waals surface area contributed by atoms with E-state index in [9.17, 15) is 8.42 Å². The van der Waals surface area contributed by atoms with Gasteiger partial charge in [-0.2, -0.15) is 5.10 Å². The van der Waals surface area contributed by atoms with Gasteiger partial charge in [-0.15, -0.1) is 0 Å². The van der Waals surface area contributed by atoms with Crippen molar-refractivity contribution in [2.45, 2.75) is 18.4 Å². The highest BCUT2D eigenvalue weighted by Crippen LogP contribution is 2.26. The molecule has 2 aromatic rings. The topological polar surface area (TPSA) is 101 Å². The van der Waals surface area contributed by atoms with Crippen molar-refractivity contribution in [1.82, 2.24) is 14.9 Å². The molecule has 0 aliphatic heterocycles. The number of nitrogen functional groups attached to an aromatic ring is 1. The summed E-state index contributed by atoms with van der Waals surface area (Å²) >= 11 is 3.24. The van der Waals surface area contributed by atoms with E-state index in [4.69, 9.17) is 5.73 Å². The standard InChI is InChI=1S/C11H13BrN4O2S/c1-7-10(13)4-8(12)5-11(7)19(17,18)15-6-9-2-3-14-16-9/h2-5,15H,6,13H2,1H3,(H,14,16). The van der Waals surface area contributed by atoms with Gasteiger partial charge >= 0.3 is 0 Å². The number of benzene rings is 1. The molecule has 1 aromatic carbocycles. The highest BCUT2D eigenvalue weighted by atomic mass is 79.9. The summed E-state index contributed by atoms with van der Waals surface area (Å²) in [6, 6.07) is 4.90. The monoisotopic (exact) mass is 344 g/mol. The van der Waals surface area contributed by atoms with Crippen molar-refractivity contribution in [1.29, 1.82) is 0 Å². The zero-order valence-corrected chi connectivity index (χ0v) is 12.5. The molecule has 1 heterocycles. The molecule has 4 N–H and O–H groups in total. The molecule has 0 saturated carbocycles. The lowest BCUT2D eigenvalue weighted by Crippen LogP contribution is -2.24. The largest absolute Gasteiger partial charge is 0.398 e. The number of sulfonamides is 1. The van der Waals surface area contributed by atoms with Gasteiger partial charge in [0.25, 0.3) is 0 Å². The minimum absolute atomic E-state index is 0.147. The summed E-state index contributed by atoms with van der Waals surface area (Å²) in [5.41, 5.74) is 7.41. The maximum Gasteiger partial charge on any atom is 0.241 e. The number of H-pyrrole nitrogens is 1. The molecular weight excluding hydrogens is 332 g/mol. The van der Waals surface area contributed by atoms with E-state index in [1.54, 1.807) is 25.3 Å². The van der Waals surface area contributed by atoms with E-state index in [1.807, 2.05) is 0 Å². The number of hydrogen-bond donors (Lipinski definition) is 3. The molecule has 0 aliphatic rings. The molecule has 19 heavy (non-hydrogen) atoms. The minimum atomic E-state index is -3.62. The molecular formula is C11H13BrN4O2S. The number of nitrogens with one attached hydrogen (secondary N) is 2. The zero-order valence-electron chi connectivity index (χ0n) is 10.1. The van der Waals surface area contributed by atoms with Crippen LogP contribution in [0.15, 0.2) is 33.8 Å². The first kappa shape index (κ1) is 14.0. The molecule has 6 nitrogen and oxygen atoms in total. The third kappa shape index (κ3) is 3.14. The van der Waals surface area contributed by atoms with Crippen molar-refractivity contribution in [2.75, 3.05) is 5.73 Å². The Balaban J connectivity index is 2.29. The lowest BCUT2D eigenvalue weighted by atomic mass is 10.2. The van der Waals surface area contributed by atoms with Gasteiger partial charge in [0.2, 0.25) is 10.0 Å². The number of halogens is 1. The van der Waals surface area contributed by atoms with Gasteiger partial charge in [0.05, 0.1) is 17.1 Å². The van der Waals surface area contributed by atoms with E-state index in [0.717, 1.165) is 0 Å². The van der Waals surface area contributed by atoms with Gasteiger partial charge < -0.3 is 5.73 Å². The average molecular weight is 345 g/mol. The van der Waals surface area contributed by atoms with Crippen molar-refractivity contribution in [3.8, 4) is 0 Å². The Kier molecular flexibility index (Phi) is 3.93. The van der Waals surface area contributed by atoms with E-state index in [0.29, 0.717) is 21.4 Å². The van der Waals surface area contributed by atoms with Gasteiger partial charge in [-0.3, -0.25) is 5.10 Å². The van der Waals surface area contributed by atoms with Crippen molar-refractivity contribution < 1.29 is 8.42 Å². The Labute approximate surface area is 119 Å². The number of hydrogen-bond acceptors (Lipinski definition) is 4. The van der Waals surface area contributed by atoms with Crippen LogP contribution in [0.5, 0.6) is 0 Å². The smallest absolute Gasteiger partial charge is 0.241 e. The van der Waals surface area contributed by atoms with Crippen molar-refractivity contribution in [3.05, 3.63) is 40.1 Å². The molecule has 0 unspecified atom stereocenters. The first-order valence-electron chi connectivity index (χ1n) is 5.43. The second-order valence-corrected chi connectivity index (χ2v) is 6.68. The average Bonchev–Trinajstić information content (AvgIpc) is 2.84. The molecule has 0 amide bonds. The highest BCUT2D eigenvalue weighted by Gasteiger charge is 2.18. The first-order chi connectivity index (χ1) is 8.90. The van der Waals surface area contributed by atoms with Gasteiger partial charge in [-0.1, -0.05) is 15.9 Å². The van der Waals surface area contributed by atoms with E-state index >= 15 is 0 Å². The van der Waals surface area contributed by atoms with Crippen LogP contribution in [0.3, 0.4) is 0 Å². The fourth-order valence-corrected chi connectivity index (χ4v) is 3.52. The molecule has 0 saturated heterocycles. The van der Waals surface area contributed by atoms with Crippen LogP contribution in [-0.4, -0.2) is 18.6 Å². The molecule has 8 heteroatoms. The SMILES string of the molecule is Cc1c(N)cc(Br)cc1S(=O)(=O)NCc1ccn[nH]1. The maximum atomic E-state index is 12.2. The van der Waals surface area contributed by atoms with Gasteiger partial charge in [-0.05, 0) is 30.7 Å². The molecule has 0 spiro atoms. The Hall–Kier alpha value is -1.38. The number of nitrogens with zero attached hydrogens (tertiary/aromatic N) is 1. The zero-order chi connectivity index (χ0) is 14.0. The van der Waals surface area contributed by atoms with E-state index in [-0.39, 0.29) is 11.4 Å². The Bertz CT molecular complexity index is 683. The molecule has 102 valence electrons. The molecule has 1 aromatic heterocycles. The summed E-state index contributed by atoms with van der Waals surface area (Å²) < 4.78 is 27.6. The lowest BCUT2D eigenvalue weighted by molar-refractivity contribution is 0.579. The summed E-state index contributed by atoms with van der Waals surface area (Å²) in [5, 5.41) is 6.44. The second kappa shape index (κ2) is 5.32. The molecule has 0 atom stereocenters. The van der Waals surface area contributed by atoms with Crippen LogP contribution in [0.1, 0.15) is 11.3 Å². The van der Waals surface area contributed by atoms with Crippen molar-refractivity contribution in [2.24, 2.45) is 0 Å². The van der Waals surface area contributed by atoms with E-state index < -0.39 is 10.0 Å². The molecule has 0 bridgehead atoms. The first-order valence-corrected chi connectivity index (χ1v) is 7.71. The molecule has 0 radical (unpaired) electrons. The van der Waals surface area contributed by atoms with E-state index in [2.05, 4.69) is 30.8 Å². The van der Waals surface area contributed by atoms with Gasteiger partial charge in [-0.25, -0.2) is 13.1 Å². The molecule has 2 rings (SSSR count). The maximum absolute atomic E-state index is 12.2. The summed E-state index contributed by atoms with van der Waals surface area (Å²) in [4.78, 5) is 0.166. The summed E-state index contributed by atoms with van der Waals surface area (Å²) in [5.74, 6) is 0. The Morgan fingerprint density at radius 3 is 2.84 bits per heavy atom.